The molecule has 2 aliphatic rings. The zero-order chi connectivity index (χ0) is 12.4. The zero-order valence-corrected chi connectivity index (χ0v) is 12.2. The van der Waals surface area contributed by atoms with Gasteiger partial charge in [0.1, 0.15) is 0 Å². The second-order valence-corrected chi connectivity index (χ2v) is 6.80. The first-order valence-electron chi connectivity index (χ1n) is 7.64. The van der Waals surface area contributed by atoms with Gasteiger partial charge in [0.15, 0.2) is 0 Å². The van der Waals surface area contributed by atoms with Gasteiger partial charge in [0, 0.05) is 6.04 Å². The summed E-state index contributed by atoms with van der Waals surface area (Å²) < 4.78 is 0. The van der Waals surface area contributed by atoms with E-state index in [4.69, 9.17) is 0 Å². The monoisotopic (exact) mass is 263 g/mol. The van der Waals surface area contributed by atoms with Crippen LogP contribution in [0.15, 0.2) is 16.8 Å². The molecule has 3 atom stereocenters. The highest BCUT2D eigenvalue weighted by atomic mass is 32.1. The molecule has 1 aromatic heterocycles. The maximum Gasteiger partial charge on any atom is 0.0104 e. The first-order chi connectivity index (χ1) is 8.90. The molecular weight excluding hydrogens is 238 g/mol. The molecule has 2 aliphatic carbocycles. The van der Waals surface area contributed by atoms with Crippen molar-refractivity contribution < 1.29 is 0 Å². The number of fused-ring (bicyclic) bond motifs is 1. The summed E-state index contributed by atoms with van der Waals surface area (Å²) in [7, 11) is 0. The highest BCUT2D eigenvalue weighted by Gasteiger charge is 2.53. The van der Waals surface area contributed by atoms with E-state index in [0.717, 1.165) is 30.3 Å². The van der Waals surface area contributed by atoms with Gasteiger partial charge in [-0.05, 0) is 72.4 Å². The predicted octanol–water partition coefficient (Wildman–Crippen LogP) is 4.10. The molecule has 1 N–H and O–H groups in total. The number of aryl methyl sites for hydroxylation is 1. The van der Waals surface area contributed by atoms with E-state index in [0.29, 0.717) is 0 Å². The van der Waals surface area contributed by atoms with Gasteiger partial charge >= 0.3 is 0 Å². The molecule has 18 heavy (non-hydrogen) atoms. The minimum Gasteiger partial charge on any atom is -0.314 e. The Morgan fingerprint density at radius 1 is 1.33 bits per heavy atom. The van der Waals surface area contributed by atoms with E-state index in [1.54, 1.807) is 0 Å². The van der Waals surface area contributed by atoms with Gasteiger partial charge in [-0.3, -0.25) is 0 Å². The maximum atomic E-state index is 3.77. The van der Waals surface area contributed by atoms with Crippen LogP contribution in [0.3, 0.4) is 0 Å². The molecule has 0 radical (unpaired) electrons. The highest BCUT2D eigenvalue weighted by Crippen LogP contribution is 2.57. The fourth-order valence-electron chi connectivity index (χ4n) is 4.09. The first-order valence-corrected chi connectivity index (χ1v) is 8.59. The van der Waals surface area contributed by atoms with E-state index < -0.39 is 0 Å². The molecule has 1 heterocycles. The summed E-state index contributed by atoms with van der Waals surface area (Å²) >= 11 is 1.83. The molecule has 0 aliphatic heterocycles. The Morgan fingerprint density at radius 3 is 2.72 bits per heavy atom. The Hall–Kier alpha value is -0.340. The van der Waals surface area contributed by atoms with Crippen LogP contribution in [0, 0.1) is 17.8 Å². The summed E-state index contributed by atoms with van der Waals surface area (Å²) in [5.74, 6) is 3.15. The Bertz CT molecular complexity index is 347. The summed E-state index contributed by atoms with van der Waals surface area (Å²) in [6, 6.07) is 3.07. The SMILES string of the molecule is CCNC(CCc1ccsc1)C1C2CCCCC21. The van der Waals surface area contributed by atoms with Crippen LogP contribution < -0.4 is 5.32 Å². The number of rotatable bonds is 6. The molecule has 0 bridgehead atoms. The third-order valence-electron chi connectivity index (χ3n) is 4.98. The summed E-state index contributed by atoms with van der Waals surface area (Å²) in [6.07, 6.45) is 8.59. The van der Waals surface area contributed by atoms with Gasteiger partial charge in [-0.1, -0.05) is 19.8 Å². The van der Waals surface area contributed by atoms with Crippen molar-refractivity contribution in [3.8, 4) is 0 Å². The Balaban J connectivity index is 1.55. The van der Waals surface area contributed by atoms with Crippen molar-refractivity contribution >= 4 is 11.3 Å². The van der Waals surface area contributed by atoms with Crippen molar-refractivity contribution in [3.05, 3.63) is 22.4 Å². The summed E-state index contributed by atoms with van der Waals surface area (Å²) in [6.45, 7) is 3.38. The van der Waals surface area contributed by atoms with E-state index in [1.165, 1.54) is 44.1 Å². The molecule has 100 valence electrons. The molecule has 2 saturated carbocycles. The fraction of sp³-hybridized carbons (Fsp3) is 0.750. The average molecular weight is 263 g/mol. The lowest BCUT2D eigenvalue weighted by Crippen LogP contribution is -2.32. The average Bonchev–Trinajstić information content (AvgIpc) is 2.88. The van der Waals surface area contributed by atoms with Crippen molar-refractivity contribution in [2.24, 2.45) is 17.8 Å². The van der Waals surface area contributed by atoms with Gasteiger partial charge in [-0.25, -0.2) is 0 Å². The lowest BCUT2D eigenvalue weighted by Gasteiger charge is -2.18. The fourth-order valence-corrected chi connectivity index (χ4v) is 4.80. The number of nitrogens with one attached hydrogen (secondary N) is 1. The van der Waals surface area contributed by atoms with Gasteiger partial charge in [0.25, 0.3) is 0 Å². The largest absolute Gasteiger partial charge is 0.314 e. The number of hydrogen-bond donors (Lipinski definition) is 1. The molecule has 3 unspecified atom stereocenters. The lowest BCUT2D eigenvalue weighted by molar-refractivity contribution is 0.415. The van der Waals surface area contributed by atoms with E-state index in [-0.39, 0.29) is 0 Å². The molecule has 1 nitrogen and oxygen atoms in total. The Morgan fingerprint density at radius 2 is 2.11 bits per heavy atom. The standard InChI is InChI=1S/C16H25NS/c1-2-17-15(8-7-12-9-10-18-11-12)16-13-5-3-4-6-14(13)16/h9-11,13-17H,2-8H2,1H3. The minimum absolute atomic E-state index is 0.781. The topological polar surface area (TPSA) is 12.0 Å². The van der Waals surface area contributed by atoms with E-state index >= 15 is 0 Å². The van der Waals surface area contributed by atoms with E-state index in [1.807, 2.05) is 11.3 Å². The van der Waals surface area contributed by atoms with Crippen LogP contribution in [0.2, 0.25) is 0 Å². The van der Waals surface area contributed by atoms with Crippen molar-refractivity contribution in [1.29, 1.82) is 0 Å². The number of hydrogen-bond acceptors (Lipinski definition) is 2. The van der Waals surface area contributed by atoms with Gasteiger partial charge in [0.2, 0.25) is 0 Å². The summed E-state index contributed by atoms with van der Waals surface area (Å²) in [4.78, 5) is 0. The van der Waals surface area contributed by atoms with Crippen molar-refractivity contribution in [3.63, 3.8) is 0 Å². The first kappa shape index (κ1) is 12.7. The zero-order valence-electron chi connectivity index (χ0n) is 11.4. The van der Waals surface area contributed by atoms with Gasteiger partial charge in [-0.15, -0.1) is 0 Å². The normalized spacial score (nSPS) is 31.9. The van der Waals surface area contributed by atoms with E-state index in [2.05, 4.69) is 29.1 Å². The molecule has 0 spiro atoms. The van der Waals surface area contributed by atoms with Crippen LogP contribution in [-0.2, 0) is 6.42 Å². The smallest absolute Gasteiger partial charge is 0.0104 e. The van der Waals surface area contributed by atoms with Gasteiger partial charge in [0.05, 0.1) is 0 Å². The Labute approximate surface area is 115 Å². The quantitative estimate of drug-likeness (QED) is 0.815. The van der Waals surface area contributed by atoms with Crippen LogP contribution in [0.5, 0.6) is 0 Å². The molecular formula is C16H25NS. The molecule has 0 amide bonds. The molecule has 2 heteroatoms. The molecule has 3 rings (SSSR count). The lowest BCUT2D eigenvalue weighted by atomic mass is 10.0. The Kier molecular flexibility index (Phi) is 4.05. The van der Waals surface area contributed by atoms with Crippen LogP contribution >= 0.6 is 11.3 Å². The minimum atomic E-state index is 0.781. The summed E-state index contributed by atoms with van der Waals surface area (Å²) in [5, 5.41) is 8.28. The van der Waals surface area contributed by atoms with Crippen molar-refractivity contribution in [2.45, 2.75) is 51.5 Å². The highest BCUT2D eigenvalue weighted by molar-refractivity contribution is 7.07. The molecule has 2 fully saturated rings. The van der Waals surface area contributed by atoms with Gasteiger partial charge in [-0.2, -0.15) is 11.3 Å². The van der Waals surface area contributed by atoms with Crippen molar-refractivity contribution in [1.82, 2.24) is 5.32 Å². The van der Waals surface area contributed by atoms with Crippen LogP contribution in [0.4, 0.5) is 0 Å². The molecule has 0 saturated heterocycles. The molecule has 1 aromatic rings. The third kappa shape index (κ3) is 2.65. The number of thiophene rings is 1. The van der Waals surface area contributed by atoms with Gasteiger partial charge < -0.3 is 5.32 Å². The third-order valence-corrected chi connectivity index (χ3v) is 5.71. The summed E-state index contributed by atoms with van der Waals surface area (Å²) in [5.41, 5.74) is 1.53. The van der Waals surface area contributed by atoms with E-state index in [9.17, 15) is 0 Å². The van der Waals surface area contributed by atoms with Crippen LogP contribution in [0.1, 0.15) is 44.6 Å². The second-order valence-electron chi connectivity index (χ2n) is 6.02. The molecule has 0 aromatic carbocycles. The van der Waals surface area contributed by atoms with Crippen molar-refractivity contribution in [2.75, 3.05) is 6.54 Å². The maximum absolute atomic E-state index is 3.77. The predicted molar refractivity (Wildman–Crippen MR) is 79.0 cm³/mol. The van der Waals surface area contributed by atoms with Crippen LogP contribution in [0.25, 0.3) is 0 Å². The second kappa shape index (κ2) is 5.75. The van der Waals surface area contributed by atoms with Crippen LogP contribution in [-0.4, -0.2) is 12.6 Å².